The number of hydrogen-bond acceptors (Lipinski definition) is 2. The van der Waals surface area contributed by atoms with E-state index in [0.29, 0.717) is 5.57 Å². The number of aldehydes is 2. The molecule has 0 aromatic carbocycles. The molecule has 0 amide bonds. The van der Waals surface area contributed by atoms with Crippen molar-refractivity contribution >= 4 is 12.6 Å². The SMILES string of the molecule is C=C(C=O)C1CC=C(C)CCC=C(C=O)CC1. The van der Waals surface area contributed by atoms with Gasteiger partial charge in [-0.25, -0.2) is 0 Å². The molecule has 0 aromatic rings. The summed E-state index contributed by atoms with van der Waals surface area (Å²) in [5, 5.41) is 0. The largest absolute Gasteiger partial charge is 0.298 e. The van der Waals surface area contributed by atoms with E-state index >= 15 is 0 Å². The van der Waals surface area contributed by atoms with Gasteiger partial charge in [0, 0.05) is 0 Å². The zero-order chi connectivity index (χ0) is 12.7. The van der Waals surface area contributed by atoms with Crippen LogP contribution in [0.5, 0.6) is 0 Å². The van der Waals surface area contributed by atoms with Crippen molar-refractivity contribution in [1.82, 2.24) is 0 Å². The van der Waals surface area contributed by atoms with Crippen LogP contribution in [0.2, 0.25) is 0 Å². The summed E-state index contributed by atoms with van der Waals surface area (Å²) >= 11 is 0. The maximum Gasteiger partial charge on any atom is 0.145 e. The van der Waals surface area contributed by atoms with Gasteiger partial charge in [0.15, 0.2) is 0 Å². The number of carbonyl (C=O) groups is 2. The fourth-order valence-electron chi connectivity index (χ4n) is 2.03. The Balaban J connectivity index is 2.81. The highest BCUT2D eigenvalue weighted by Gasteiger charge is 2.13. The van der Waals surface area contributed by atoms with Gasteiger partial charge in [0.1, 0.15) is 12.6 Å². The van der Waals surface area contributed by atoms with Gasteiger partial charge < -0.3 is 0 Å². The minimum Gasteiger partial charge on any atom is -0.298 e. The van der Waals surface area contributed by atoms with Crippen molar-refractivity contribution in [2.75, 3.05) is 0 Å². The molecule has 0 bridgehead atoms. The van der Waals surface area contributed by atoms with Gasteiger partial charge >= 0.3 is 0 Å². The topological polar surface area (TPSA) is 34.1 Å². The van der Waals surface area contributed by atoms with Crippen LogP contribution < -0.4 is 0 Å². The Bertz CT molecular complexity index is 361. The highest BCUT2D eigenvalue weighted by Crippen LogP contribution is 2.24. The lowest BCUT2D eigenvalue weighted by Crippen LogP contribution is -2.06. The average Bonchev–Trinajstić information content (AvgIpc) is 2.35. The van der Waals surface area contributed by atoms with Crippen LogP contribution in [0.25, 0.3) is 0 Å². The molecule has 1 rings (SSSR count). The van der Waals surface area contributed by atoms with Crippen molar-refractivity contribution in [2.24, 2.45) is 5.92 Å². The summed E-state index contributed by atoms with van der Waals surface area (Å²) in [5.74, 6) is 0.170. The number of carbonyl (C=O) groups excluding carboxylic acids is 2. The van der Waals surface area contributed by atoms with Gasteiger partial charge in [0.2, 0.25) is 0 Å². The quantitative estimate of drug-likeness (QED) is 0.424. The molecule has 0 spiro atoms. The molecule has 0 radical (unpaired) electrons. The number of allylic oxidation sites excluding steroid dienone is 5. The molecule has 0 saturated heterocycles. The second-order valence-corrected chi connectivity index (χ2v) is 4.65. The van der Waals surface area contributed by atoms with Crippen LogP contribution in [-0.2, 0) is 9.59 Å². The lowest BCUT2D eigenvalue weighted by Gasteiger charge is -2.16. The molecular formula is C15H20O2. The predicted molar refractivity (Wildman–Crippen MR) is 69.7 cm³/mol. The first-order chi connectivity index (χ1) is 8.17. The van der Waals surface area contributed by atoms with E-state index in [4.69, 9.17) is 0 Å². The zero-order valence-corrected chi connectivity index (χ0v) is 10.4. The lowest BCUT2D eigenvalue weighted by atomic mass is 9.88. The summed E-state index contributed by atoms with van der Waals surface area (Å²) in [6, 6.07) is 0. The van der Waals surface area contributed by atoms with Gasteiger partial charge in [-0.1, -0.05) is 24.3 Å². The molecule has 2 heteroatoms. The van der Waals surface area contributed by atoms with E-state index in [0.717, 1.165) is 50.2 Å². The molecular weight excluding hydrogens is 212 g/mol. The maximum absolute atomic E-state index is 10.9. The molecule has 1 atom stereocenters. The summed E-state index contributed by atoms with van der Waals surface area (Å²) in [7, 11) is 0. The minimum absolute atomic E-state index is 0.170. The van der Waals surface area contributed by atoms with Crippen LogP contribution in [0.15, 0.2) is 35.5 Å². The van der Waals surface area contributed by atoms with Crippen molar-refractivity contribution in [3.05, 3.63) is 35.5 Å². The van der Waals surface area contributed by atoms with Gasteiger partial charge in [0.05, 0.1) is 0 Å². The van der Waals surface area contributed by atoms with Crippen LogP contribution in [0.4, 0.5) is 0 Å². The second-order valence-electron chi connectivity index (χ2n) is 4.65. The van der Waals surface area contributed by atoms with Crippen LogP contribution in [0.3, 0.4) is 0 Å². The van der Waals surface area contributed by atoms with E-state index in [1.807, 2.05) is 6.08 Å². The van der Waals surface area contributed by atoms with Gasteiger partial charge in [-0.3, -0.25) is 9.59 Å². The highest BCUT2D eigenvalue weighted by atomic mass is 16.1. The summed E-state index contributed by atoms with van der Waals surface area (Å²) in [4.78, 5) is 21.7. The predicted octanol–water partition coefficient (Wildman–Crippen LogP) is 3.39. The Kier molecular flexibility index (Phi) is 5.61. The standard InChI is InChI=1S/C15H20O2/c1-12-4-3-5-14(11-17)7-9-15(8-6-12)13(2)10-16/h5-6,10-11,15H,2-4,7-9H2,1H3. The first-order valence-corrected chi connectivity index (χ1v) is 6.11. The number of hydrogen-bond donors (Lipinski definition) is 0. The lowest BCUT2D eigenvalue weighted by molar-refractivity contribution is -0.105. The molecule has 17 heavy (non-hydrogen) atoms. The fourth-order valence-corrected chi connectivity index (χ4v) is 2.03. The van der Waals surface area contributed by atoms with Crippen LogP contribution in [-0.4, -0.2) is 12.6 Å². The second kappa shape index (κ2) is 7.00. The van der Waals surface area contributed by atoms with Crippen molar-refractivity contribution in [3.63, 3.8) is 0 Å². The Morgan fingerprint density at radius 3 is 2.76 bits per heavy atom. The third-order valence-electron chi connectivity index (χ3n) is 3.30. The third kappa shape index (κ3) is 4.51. The van der Waals surface area contributed by atoms with E-state index in [1.54, 1.807) is 0 Å². The number of rotatable bonds is 3. The molecule has 1 aliphatic carbocycles. The normalized spacial score (nSPS) is 22.1. The van der Waals surface area contributed by atoms with Gasteiger partial charge in [0.25, 0.3) is 0 Å². The Morgan fingerprint density at radius 1 is 1.35 bits per heavy atom. The summed E-state index contributed by atoms with van der Waals surface area (Å²) < 4.78 is 0. The minimum atomic E-state index is 0.170. The first kappa shape index (κ1) is 13.6. The Hall–Kier alpha value is -1.44. The molecule has 92 valence electrons. The van der Waals surface area contributed by atoms with Crippen LogP contribution in [0.1, 0.15) is 39.0 Å². The van der Waals surface area contributed by atoms with E-state index in [2.05, 4.69) is 19.6 Å². The molecule has 1 aliphatic rings. The van der Waals surface area contributed by atoms with Gasteiger partial charge in [-0.05, 0) is 56.1 Å². The summed E-state index contributed by atoms with van der Waals surface area (Å²) in [6.45, 7) is 5.89. The van der Waals surface area contributed by atoms with E-state index in [-0.39, 0.29) is 5.92 Å². The Labute approximate surface area is 103 Å². The summed E-state index contributed by atoms with van der Waals surface area (Å²) in [6.07, 6.45) is 10.3. The molecule has 2 nitrogen and oxygen atoms in total. The fraction of sp³-hybridized carbons (Fsp3) is 0.467. The molecule has 1 unspecified atom stereocenters. The maximum atomic E-state index is 10.9. The smallest absolute Gasteiger partial charge is 0.145 e. The molecule has 0 aliphatic heterocycles. The van der Waals surface area contributed by atoms with Crippen molar-refractivity contribution < 1.29 is 9.59 Å². The van der Waals surface area contributed by atoms with Crippen molar-refractivity contribution in [3.8, 4) is 0 Å². The average molecular weight is 232 g/mol. The van der Waals surface area contributed by atoms with E-state index < -0.39 is 0 Å². The third-order valence-corrected chi connectivity index (χ3v) is 3.30. The van der Waals surface area contributed by atoms with Gasteiger partial charge in [-0.15, -0.1) is 0 Å². The Morgan fingerprint density at radius 2 is 2.12 bits per heavy atom. The van der Waals surface area contributed by atoms with Crippen LogP contribution >= 0.6 is 0 Å². The van der Waals surface area contributed by atoms with Crippen LogP contribution in [0, 0.1) is 5.92 Å². The van der Waals surface area contributed by atoms with E-state index in [1.165, 1.54) is 5.57 Å². The van der Waals surface area contributed by atoms with Crippen molar-refractivity contribution in [2.45, 2.75) is 39.0 Å². The molecule has 0 saturated carbocycles. The molecule has 0 fully saturated rings. The molecule has 0 heterocycles. The van der Waals surface area contributed by atoms with E-state index in [9.17, 15) is 9.59 Å². The van der Waals surface area contributed by atoms with Gasteiger partial charge in [-0.2, -0.15) is 0 Å². The monoisotopic (exact) mass is 232 g/mol. The zero-order valence-electron chi connectivity index (χ0n) is 10.4. The first-order valence-electron chi connectivity index (χ1n) is 6.11. The molecule has 0 N–H and O–H groups in total. The molecule has 0 aromatic heterocycles. The summed E-state index contributed by atoms with van der Waals surface area (Å²) in [5.41, 5.74) is 2.81. The van der Waals surface area contributed by atoms with Crippen molar-refractivity contribution in [1.29, 1.82) is 0 Å². The highest BCUT2D eigenvalue weighted by molar-refractivity contribution is 5.74.